The number of halogens is 1. The van der Waals surface area contributed by atoms with Gasteiger partial charge in [-0.1, -0.05) is 11.6 Å². The molecule has 1 aromatic heterocycles. The average Bonchev–Trinajstić information content (AvgIpc) is 1.99. The Morgan fingerprint density at radius 2 is 1.93 bits per heavy atom. The lowest BCUT2D eigenvalue weighted by molar-refractivity contribution is 0.489. The molecule has 1 N–H and O–H groups in total. The normalized spacial score (nSPS) is 12.8. The number of rotatable bonds is 2. The topological polar surface area (TPSA) is 72.0 Å². The Morgan fingerprint density at radius 3 is 2.40 bits per heavy atom. The highest BCUT2D eigenvalue weighted by Crippen LogP contribution is 2.11. The largest absolute Gasteiger partial charge is 0.260 e. The Bertz CT molecular complexity index is 453. The van der Waals surface area contributed by atoms with Crippen molar-refractivity contribution in [3.8, 4) is 0 Å². The molecule has 0 atom stereocenters. The van der Waals surface area contributed by atoms with Crippen molar-refractivity contribution < 1.29 is 8.42 Å². The van der Waals surface area contributed by atoms with E-state index < -0.39 is 15.6 Å². The van der Waals surface area contributed by atoms with Gasteiger partial charge in [0.1, 0.15) is 5.15 Å². The van der Waals surface area contributed by atoms with E-state index in [2.05, 4.69) is 14.7 Å². The molecule has 0 fully saturated rings. The van der Waals surface area contributed by atoms with Gasteiger partial charge in [0, 0.05) is 5.54 Å². The molecule has 0 aliphatic heterocycles. The van der Waals surface area contributed by atoms with Gasteiger partial charge in [-0.15, -0.1) is 0 Å². The molecular formula is C8H12ClN3O2S. The summed E-state index contributed by atoms with van der Waals surface area (Å²) in [6.45, 7) is 5.22. The van der Waals surface area contributed by atoms with Crippen LogP contribution in [0.1, 0.15) is 20.8 Å². The molecule has 0 spiro atoms. The van der Waals surface area contributed by atoms with Gasteiger partial charge in [0.05, 0.1) is 12.4 Å². The van der Waals surface area contributed by atoms with Crippen molar-refractivity contribution >= 4 is 21.6 Å². The van der Waals surface area contributed by atoms with E-state index in [4.69, 9.17) is 11.6 Å². The number of hydrogen-bond donors (Lipinski definition) is 1. The second-order valence-electron chi connectivity index (χ2n) is 4.04. The van der Waals surface area contributed by atoms with Crippen LogP contribution in [-0.4, -0.2) is 23.9 Å². The molecule has 0 radical (unpaired) electrons. The quantitative estimate of drug-likeness (QED) is 0.855. The van der Waals surface area contributed by atoms with Crippen molar-refractivity contribution in [1.29, 1.82) is 0 Å². The summed E-state index contributed by atoms with van der Waals surface area (Å²) in [6.07, 6.45) is 2.43. The third kappa shape index (κ3) is 3.73. The van der Waals surface area contributed by atoms with E-state index in [1.165, 1.54) is 6.20 Å². The fraction of sp³-hybridized carbons (Fsp3) is 0.500. The summed E-state index contributed by atoms with van der Waals surface area (Å²) >= 11 is 5.56. The molecule has 5 nitrogen and oxygen atoms in total. The van der Waals surface area contributed by atoms with Gasteiger partial charge >= 0.3 is 0 Å². The van der Waals surface area contributed by atoms with Crippen LogP contribution in [0.4, 0.5) is 0 Å². The highest BCUT2D eigenvalue weighted by Gasteiger charge is 2.23. The number of hydrogen-bond acceptors (Lipinski definition) is 4. The van der Waals surface area contributed by atoms with Crippen LogP contribution in [0.15, 0.2) is 17.4 Å². The summed E-state index contributed by atoms with van der Waals surface area (Å²) in [5.74, 6) is 0. The third-order valence-electron chi connectivity index (χ3n) is 1.30. The van der Waals surface area contributed by atoms with Crippen molar-refractivity contribution in [2.75, 3.05) is 0 Å². The fourth-order valence-corrected chi connectivity index (χ4v) is 2.44. The molecule has 0 amide bonds. The van der Waals surface area contributed by atoms with Crippen LogP contribution in [0.25, 0.3) is 0 Å². The summed E-state index contributed by atoms with van der Waals surface area (Å²) in [5, 5.41) is -0.128. The molecule has 0 aliphatic rings. The maximum absolute atomic E-state index is 11.7. The van der Waals surface area contributed by atoms with Gasteiger partial charge in [0.15, 0.2) is 5.03 Å². The van der Waals surface area contributed by atoms with Crippen LogP contribution >= 0.6 is 11.6 Å². The smallest absolute Gasteiger partial charge is 0.258 e. The van der Waals surface area contributed by atoms with Crippen molar-refractivity contribution in [2.24, 2.45) is 0 Å². The molecule has 15 heavy (non-hydrogen) atoms. The Labute approximate surface area is 93.9 Å². The monoisotopic (exact) mass is 249 g/mol. The summed E-state index contributed by atoms with van der Waals surface area (Å²) in [5.41, 5.74) is -0.567. The fourth-order valence-electron chi connectivity index (χ4n) is 0.910. The van der Waals surface area contributed by atoms with E-state index in [1.54, 1.807) is 20.8 Å². The lowest BCUT2D eigenvalue weighted by atomic mass is 10.1. The molecule has 0 aliphatic carbocycles. The molecule has 0 saturated heterocycles. The molecule has 0 bridgehead atoms. The first-order valence-corrected chi connectivity index (χ1v) is 6.08. The highest BCUT2D eigenvalue weighted by atomic mass is 35.5. The van der Waals surface area contributed by atoms with Gasteiger partial charge in [-0.05, 0) is 20.8 Å². The predicted molar refractivity (Wildman–Crippen MR) is 57.1 cm³/mol. The Morgan fingerprint density at radius 1 is 1.33 bits per heavy atom. The first kappa shape index (κ1) is 12.4. The predicted octanol–water partition coefficient (Wildman–Crippen LogP) is 1.21. The minimum absolute atomic E-state index is 0.0479. The molecule has 0 aromatic carbocycles. The van der Waals surface area contributed by atoms with Gasteiger partial charge in [0.25, 0.3) is 10.0 Å². The minimum atomic E-state index is -3.65. The van der Waals surface area contributed by atoms with E-state index in [-0.39, 0.29) is 10.2 Å². The van der Waals surface area contributed by atoms with E-state index in [0.29, 0.717) is 0 Å². The Hall–Kier alpha value is -0.720. The lowest BCUT2D eigenvalue weighted by Gasteiger charge is -2.19. The summed E-state index contributed by atoms with van der Waals surface area (Å²) in [4.78, 5) is 7.35. The van der Waals surface area contributed by atoms with Gasteiger partial charge in [-0.2, -0.15) is 0 Å². The number of aromatic nitrogens is 2. The van der Waals surface area contributed by atoms with Gasteiger partial charge in [-0.3, -0.25) is 4.98 Å². The van der Waals surface area contributed by atoms with E-state index in [1.807, 2.05) is 0 Å². The second-order valence-corrected chi connectivity index (χ2v) is 6.05. The van der Waals surface area contributed by atoms with Crippen LogP contribution in [-0.2, 0) is 10.0 Å². The van der Waals surface area contributed by atoms with Crippen LogP contribution in [0.5, 0.6) is 0 Å². The Balaban J connectivity index is 3.07. The Kier molecular flexibility index (Phi) is 3.32. The van der Waals surface area contributed by atoms with Gasteiger partial charge in [0.2, 0.25) is 0 Å². The van der Waals surface area contributed by atoms with Crippen LogP contribution in [0.3, 0.4) is 0 Å². The molecule has 1 aromatic rings. The first-order valence-electron chi connectivity index (χ1n) is 4.22. The van der Waals surface area contributed by atoms with Crippen molar-refractivity contribution in [1.82, 2.24) is 14.7 Å². The first-order chi connectivity index (χ1) is 6.71. The minimum Gasteiger partial charge on any atom is -0.258 e. The van der Waals surface area contributed by atoms with Crippen LogP contribution < -0.4 is 4.72 Å². The van der Waals surface area contributed by atoms with Crippen molar-refractivity contribution in [3.63, 3.8) is 0 Å². The van der Waals surface area contributed by atoms with E-state index >= 15 is 0 Å². The molecule has 1 heterocycles. The van der Waals surface area contributed by atoms with Crippen LogP contribution in [0, 0.1) is 0 Å². The molecule has 0 unspecified atom stereocenters. The molecule has 1 rings (SSSR count). The van der Waals surface area contributed by atoms with E-state index in [0.717, 1.165) is 6.20 Å². The standard InChI is InChI=1S/C8H12ClN3O2S/c1-8(2,3)12-15(13,14)7-5-10-4-6(9)11-7/h4-5,12H,1-3H3. The molecular weight excluding hydrogens is 238 g/mol. The molecule has 7 heteroatoms. The average molecular weight is 250 g/mol. The second kappa shape index (κ2) is 4.03. The summed E-state index contributed by atoms with van der Waals surface area (Å²) in [7, 11) is -3.65. The SMILES string of the molecule is CC(C)(C)NS(=O)(=O)c1cncc(Cl)n1. The summed E-state index contributed by atoms with van der Waals surface area (Å²) in [6, 6.07) is 0. The van der Waals surface area contributed by atoms with Crippen molar-refractivity contribution in [2.45, 2.75) is 31.3 Å². The zero-order valence-corrected chi connectivity index (χ0v) is 10.2. The molecule has 0 saturated carbocycles. The maximum Gasteiger partial charge on any atom is 0.260 e. The van der Waals surface area contributed by atoms with Gasteiger partial charge < -0.3 is 0 Å². The molecule has 84 valence electrons. The summed E-state index contributed by atoms with van der Waals surface area (Å²) < 4.78 is 25.9. The number of sulfonamides is 1. The highest BCUT2D eigenvalue weighted by molar-refractivity contribution is 7.89. The third-order valence-corrected chi connectivity index (χ3v) is 3.11. The zero-order valence-electron chi connectivity index (χ0n) is 8.65. The zero-order chi connectivity index (χ0) is 11.7. The van der Waals surface area contributed by atoms with Gasteiger partial charge in [-0.25, -0.2) is 18.1 Å². The number of nitrogens with one attached hydrogen (secondary N) is 1. The maximum atomic E-state index is 11.7. The lowest BCUT2D eigenvalue weighted by Crippen LogP contribution is -2.40. The van der Waals surface area contributed by atoms with Crippen molar-refractivity contribution in [3.05, 3.63) is 17.5 Å². The van der Waals surface area contributed by atoms with Crippen LogP contribution in [0.2, 0.25) is 5.15 Å². The van der Waals surface area contributed by atoms with E-state index in [9.17, 15) is 8.42 Å². The number of nitrogens with zero attached hydrogens (tertiary/aromatic N) is 2.